The minimum atomic E-state index is -0.333. The molecule has 2 fully saturated rings. The van der Waals surface area contributed by atoms with Gasteiger partial charge in [-0.25, -0.2) is 9.78 Å². The van der Waals surface area contributed by atoms with Gasteiger partial charge in [0.05, 0.1) is 12.6 Å². The van der Waals surface area contributed by atoms with Crippen LogP contribution in [0.25, 0.3) is 0 Å². The van der Waals surface area contributed by atoms with Gasteiger partial charge >= 0.3 is 6.03 Å². The molecule has 1 atom stereocenters. The zero-order valence-electron chi connectivity index (χ0n) is 14.3. The lowest BCUT2D eigenvalue weighted by Gasteiger charge is -2.41. The van der Waals surface area contributed by atoms with Crippen LogP contribution in [0.15, 0.2) is 12.3 Å². The van der Waals surface area contributed by atoms with Crippen LogP contribution in [0.3, 0.4) is 0 Å². The molecule has 3 rings (SSSR count). The monoisotopic (exact) mass is 333 g/mol. The second kappa shape index (κ2) is 6.60. The van der Waals surface area contributed by atoms with Crippen molar-refractivity contribution in [3.63, 3.8) is 0 Å². The SMILES string of the molecule is CN1C(=O)CC(N2CCN(c3nccc(N(C)C)n3)CC2)NC1=O. The van der Waals surface area contributed by atoms with Crippen LogP contribution in [0.5, 0.6) is 0 Å². The molecule has 0 spiro atoms. The average Bonchev–Trinajstić information content (AvgIpc) is 2.59. The summed E-state index contributed by atoms with van der Waals surface area (Å²) < 4.78 is 0. The highest BCUT2D eigenvalue weighted by Crippen LogP contribution is 2.17. The third-order valence-electron chi connectivity index (χ3n) is 4.46. The van der Waals surface area contributed by atoms with Crippen molar-refractivity contribution in [3.05, 3.63) is 12.3 Å². The average molecular weight is 333 g/mol. The van der Waals surface area contributed by atoms with Crippen molar-refractivity contribution < 1.29 is 9.59 Å². The van der Waals surface area contributed by atoms with Gasteiger partial charge in [0.2, 0.25) is 11.9 Å². The van der Waals surface area contributed by atoms with E-state index in [0.717, 1.165) is 36.9 Å². The van der Waals surface area contributed by atoms with E-state index in [9.17, 15) is 9.59 Å². The van der Waals surface area contributed by atoms with Crippen LogP contribution in [0, 0.1) is 0 Å². The number of rotatable bonds is 3. The maximum atomic E-state index is 11.8. The van der Waals surface area contributed by atoms with Crippen LogP contribution in [0.2, 0.25) is 0 Å². The number of imide groups is 1. The number of carbonyl (C=O) groups excluding carboxylic acids is 2. The number of hydrogen-bond donors (Lipinski definition) is 1. The summed E-state index contributed by atoms with van der Waals surface area (Å²) in [7, 11) is 5.40. The maximum absolute atomic E-state index is 11.8. The summed E-state index contributed by atoms with van der Waals surface area (Å²) in [5.41, 5.74) is 0. The summed E-state index contributed by atoms with van der Waals surface area (Å²) in [5, 5.41) is 2.88. The van der Waals surface area contributed by atoms with E-state index in [0.29, 0.717) is 12.4 Å². The van der Waals surface area contributed by atoms with Gasteiger partial charge in [-0.2, -0.15) is 4.98 Å². The molecule has 3 heterocycles. The topological polar surface area (TPSA) is 84.9 Å². The summed E-state index contributed by atoms with van der Waals surface area (Å²) in [4.78, 5) is 39.9. The van der Waals surface area contributed by atoms with Crippen LogP contribution >= 0.6 is 0 Å². The molecule has 0 aromatic carbocycles. The summed E-state index contributed by atoms with van der Waals surface area (Å²) in [5.74, 6) is 1.44. The van der Waals surface area contributed by atoms with E-state index in [1.807, 2.05) is 25.1 Å². The number of nitrogens with one attached hydrogen (secondary N) is 1. The lowest BCUT2D eigenvalue weighted by Crippen LogP contribution is -2.62. The molecule has 9 nitrogen and oxygen atoms in total. The van der Waals surface area contributed by atoms with Crippen molar-refractivity contribution >= 4 is 23.7 Å². The summed E-state index contributed by atoms with van der Waals surface area (Å²) >= 11 is 0. The Morgan fingerprint density at radius 3 is 2.54 bits per heavy atom. The third kappa shape index (κ3) is 3.25. The van der Waals surface area contributed by atoms with Gasteiger partial charge in [-0.3, -0.25) is 14.6 Å². The Morgan fingerprint density at radius 1 is 1.21 bits per heavy atom. The Morgan fingerprint density at radius 2 is 1.92 bits per heavy atom. The first kappa shape index (κ1) is 16.4. The molecule has 1 unspecified atom stereocenters. The van der Waals surface area contributed by atoms with Crippen molar-refractivity contribution in [2.24, 2.45) is 0 Å². The van der Waals surface area contributed by atoms with E-state index in [4.69, 9.17) is 0 Å². The quantitative estimate of drug-likeness (QED) is 0.803. The Hall–Kier alpha value is -2.42. The van der Waals surface area contributed by atoms with Crippen molar-refractivity contribution in [1.82, 2.24) is 25.1 Å². The molecule has 0 aliphatic carbocycles. The fourth-order valence-corrected chi connectivity index (χ4v) is 2.90. The van der Waals surface area contributed by atoms with E-state index in [1.165, 1.54) is 7.05 Å². The molecule has 1 aromatic rings. The van der Waals surface area contributed by atoms with Gasteiger partial charge in [-0.15, -0.1) is 0 Å². The molecule has 1 N–H and O–H groups in total. The van der Waals surface area contributed by atoms with Crippen molar-refractivity contribution in [1.29, 1.82) is 0 Å². The molecule has 2 aliphatic heterocycles. The smallest absolute Gasteiger partial charge is 0.325 e. The molecule has 0 bridgehead atoms. The molecular weight excluding hydrogens is 310 g/mol. The standard InChI is InChI=1S/C15H23N7O2/c1-19(2)11-4-5-16-14(17-11)22-8-6-21(7-9-22)12-10-13(23)20(3)15(24)18-12/h4-5,12H,6-10H2,1-3H3,(H,18,24). The molecule has 130 valence electrons. The maximum Gasteiger partial charge on any atom is 0.325 e. The lowest BCUT2D eigenvalue weighted by atomic mass is 10.2. The Balaban J connectivity index is 1.61. The van der Waals surface area contributed by atoms with Gasteiger partial charge in [-0.05, 0) is 6.07 Å². The Labute approximate surface area is 141 Å². The first-order valence-electron chi connectivity index (χ1n) is 8.02. The van der Waals surface area contributed by atoms with Crippen molar-refractivity contribution in [2.45, 2.75) is 12.6 Å². The fraction of sp³-hybridized carbons (Fsp3) is 0.600. The molecule has 24 heavy (non-hydrogen) atoms. The number of carbonyl (C=O) groups is 2. The second-order valence-electron chi connectivity index (χ2n) is 6.25. The highest BCUT2D eigenvalue weighted by Gasteiger charge is 2.34. The number of amides is 3. The summed E-state index contributed by atoms with van der Waals surface area (Å²) in [6.45, 7) is 3.01. The van der Waals surface area contributed by atoms with E-state index < -0.39 is 0 Å². The van der Waals surface area contributed by atoms with Gasteiger partial charge in [-0.1, -0.05) is 0 Å². The molecule has 1 aromatic heterocycles. The van der Waals surface area contributed by atoms with Crippen molar-refractivity contribution in [3.8, 4) is 0 Å². The van der Waals surface area contributed by atoms with Crippen LogP contribution < -0.4 is 15.1 Å². The van der Waals surface area contributed by atoms with Gasteiger partial charge < -0.3 is 15.1 Å². The van der Waals surface area contributed by atoms with Gasteiger partial charge in [0.1, 0.15) is 5.82 Å². The predicted octanol–water partition coefficient (Wildman–Crippen LogP) is -0.438. The number of nitrogens with zero attached hydrogens (tertiary/aromatic N) is 6. The highest BCUT2D eigenvalue weighted by molar-refractivity contribution is 5.96. The fourth-order valence-electron chi connectivity index (χ4n) is 2.90. The zero-order valence-corrected chi connectivity index (χ0v) is 14.3. The lowest BCUT2D eigenvalue weighted by molar-refractivity contribution is -0.130. The summed E-state index contributed by atoms with van der Waals surface area (Å²) in [6.07, 6.45) is 1.85. The molecule has 2 saturated heterocycles. The first-order chi connectivity index (χ1) is 11.5. The first-order valence-corrected chi connectivity index (χ1v) is 8.02. The van der Waals surface area contributed by atoms with E-state index in [1.54, 1.807) is 6.20 Å². The van der Waals surface area contributed by atoms with Gasteiger partial charge in [0, 0.05) is 53.5 Å². The number of hydrogen-bond acceptors (Lipinski definition) is 7. The molecule has 0 saturated carbocycles. The van der Waals surface area contributed by atoms with Gasteiger partial charge in [0.25, 0.3) is 0 Å². The van der Waals surface area contributed by atoms with E-state index in [2.05, 4.69) is 25.1 Å². The minimum Gasteiger partial charge on any atom is -0.363 e. The van der Waals surface area contributed by atoms with Crippen molar-refractivity contribution in [2.75, 3.05) is 57.1 Å². The van der Waals surface area contributed by atoms with Crippen LogP contribution in [-0.4, -0.2) is 85.2 Å². The van der Waals surface area contributed by atoms with Crippen LogP contribution in [0.1, 0.15) is 6.42 Å². The minimum absolute atomic E-state index is 0.145. The van der Waals surface area contributed by atoms with Gasteiger partial charge in [0.15, 0.2) is 0 Å². The largest absolute Gasteiger partial charge is 0.363 e. The third-order valence-corrected chi connectivity index (χ3v) is 4.46. The second-order valence-corrected chi connectivity index (χ2v) is 6.25. The van der Waals surface area contributed by atoms with E-state index >= 15 is 0 Å². The normalized spacial score (nSPS) is 22.5. The number of aromatic nitrogens is 2. The molecule has 9 heteroatoms. The van der Waals surface area contributed by atoms with Crippen LogP contribution in [-0.2, 0) is 4.79 Å². The predicted molar refractivity (Wildman–Crippen MR) is 89.9 cm³/mol. The molecule has 0 radical (unpaired) electrons. The highest BCUT2D eigenvalue weighted by atomic mass is 16.2. The molecular formula is C15H23N7O2. The molecule has 2 aliphatic rings. The number of urea groups is 1. The zero-order chi connectivity index (χ0) is 17.3. The molecule has 3 amide bonds. The summed E-state index contributed by atoms with van der Waals surface area (Å²) in [6, 6.07) is 1.54. The van der Waals surface area contributed by atoms with Crippen LogP contribution in [0.4, 0.5) is 16.6 Å². The number of piperazine rings is 1. The van der Waals surface area contributed by atoms with E-state index in [-0.39, 0.29) is 18.1 Å². The Kier molecular flexibility index (Phi) is 4.52. The Bertz CT molecular complexity index is 610. The number of anilines is 2.